The molecule has 1 aromatic rings. The highest BCUT2D eigenvalue weighted by Crippen LogP contribution is 2.23. The third kappa shape index (κ3) is 4.70. The predicted molar refractivity (Wildman–Crippen MR) is 68.4 cm³/mol. The van der Waals surface area contributed by atoms with Crippen molar-refractivity contribution < 1.29 is 13.5 Å². The Morgan fingerprint density at radius 2 is 1.83 bits per heavy atom. The second kappa shape index (κ2) is 7.44. The Morgan fingerprint density at radius 1 is 1.22 bits per heavy atom. The number of ether oxygens (including phenoxy) is 1. The zero-order valence-corrected chi connectivity index (χ0v) is 11.2. The molecule has 1 rings (SSSR count). The van der Waals surface area contributed by atoms with Crippen molar-refractivity contribution in [2.45, 2.75) is 26.3 Å². The van der Waals surface area contributed by atoms with Gasteiger partial charge in [-0.25, -0.2) is 8.78 Å². The van der Waals surface area contributed by atoms with Crippen LogP contribution in [-0.4, -0.2) is 20.3 Å². The fourth-order valence-electron chi connectivity index (χ4n) is 2.11. The quantitative estimate of drug-likeness (QED) is 0.809. The molecule has 0 radical (unpaired) electrons. The van der Waals surface area contributed by atoms with Crippen LogP contribution in [0.3, 0.4) is 0 Å². The second-order valence-corrected chi connectivity index (χ2v) is 4.61. The fourth-order valence-corrected chi connectivity index (χ4v) is 2.11. The first kappa shape index (κ1) is 15.1. The summed E-state index contributed by atoms with van der Waals surface area (Å²) in [5, 5.41) is 3.25. The summed E-state index contributed by atoms with van der Waals surface area (Å²) in [5.74, 6) is -0.745. The minimum absolute atomic E-state index is 0.0506. The lowest BCUT2D eigenvalue weighted by atomic mass is 9.96. The van der Waals surface area contributed by atoms with Crippen molar-refractivity contribution in [3.63, 3.8) is 0 Å². The minimum atomic E-state index is -0.535. The van der Waals surface area contributed by atoms with Gasteiger partial charge in [0.05, 0.1) is 0 Å². The van der Waals surface area contributed by atoms with Crippen molar-refractivity contribution in [1.29, 1.82) is 0 Å². The third-order valence-electron chi connectivity index (χ3n) is 2.83. The van der Waals surface area contributed by atoms with Crippen molar-refractivity contribution >= 4 is 0 Å². The van der Waals surface area contributed by atoms with Crippen LogP contribution in [0.1, 0.15) is 31.9 Å². The van der Waals surface area contributed by atoms with Gasteiger partial charge in [0.2, 0.25) is 0 Å². The van der Waals surface area contributed by atoms with E-state index in [1.54, 1.807) is 7.11 Å². The van der Waals surface area contributed by atoms with Crippen LogP contribution in [0, 0.1) is 17.6 Å². The summed E-state index contributed by atoms with van der Waals surface area (Å²) in [4.78, 5) is 0. The Balaban J connectivity index is 2.82. The van der Waals surface area contributed by atoms with E-state index in [1.807, 2.05) is 6.92 Å². The van der Waals surface area contributed by atoms with Gasteiger partial charge in [-0.3, -0.25) is 0 Å². The number of hydrogen-bond donors (Lipinski definition) is 1. The van der Waals surface area contributed by atoms with Crippen molar-refractivity contribution in [2.24, 2.45) is 5.92 Å². The maximum Gasteiger partial charge on any atom is 0.126 e. The number of benzene rings is 1. The molecule has 0 aromatic heterocycles. The van der Waals surface area contributed by atoms with Crippen LogP contribution in [0.4, 0.5) is 8.78 Å². The maximum atomic E-state index is 13.2. The average Bonchev–Trinajstić information content (AvgIpc) is 2.27. The average molecular weight is 257 g/mol. The molecule has 0 aliphatic heterocycles. The summed E-state index contributed by atoms with van der Waals surface area (Å²) in [6.45, 7) is 5.43. The van der Waals surface area contributed by atoms with Gasteiger partial charge in [-0.05, 0) is 36.6 Å². The Bertz CT molecular complexity index is 351. The number of nitrogens with one attached hydrogen (secondary N) is 1. The first-order valence-corrected chi connectivity index (χ1v) is 6.25. The van der Waals surface area contributed by atoms with Crippen molar-refractivity contribution in [3.05, 3.63) is 35.4 Å². The normalized spacial score (nSPS) is 14.5. The Morgan fingerprint density at radius 3 is 2.33 bits per heavy atom. The van der Waals surface area contributed by atoms with E-state index in [0.29, 0.717) is 18.1 Å². The molecule has 102 valence electrons. The molecule has 0 bridgehead atoms. The monoisotopic (exact) mass is 257 g/mol. The summed E-state index contributed by atoms with van der Waals surface area (Å²) < 4.78 is 31.5. The Hall–Kier alpha value is -1.00. The van der Waals surface area contributed by atoms with E-state index >= 15 is 0 Å². The number of rotatable bonds is 7. The van der Waals surface area contributed by atoms with Gasteiger partial charge in [-0.15, -0.1) is 0 Å². The summed E-state index contributed by atoms with van der Waals surface area (Å²) >= 11 is 0. The van der Waals surface area contributed by atoms with Gasteiger partial charge in [0.25, 0.3) is 0 Å². The molecule has 4 heteroatoms. The minimum Gasteiger partial charge on any atom is -0.384 e. The van der Waals surface area contributed by atoms with Gasteiger partial charge >= 0.3 is 0 Å². The van der Waals surface area contributed by atoms with Crippen LogP contribution in [0.2, 0.25) is 0 Å². The number of methoxy groups -OCH3 is 1. The first-order valence-electron chi connectivity index (χ1n) is 6.25. The molecule has 0 fully saturated rings. The molecule has 0 spiro atoms. The van der Waals surface area contributed by atoms with Gasteiger partial charge in [-0.1, -0.05) is 13.8 Å². The zero-order chi connectivity index (χ0) is 13.5. The molecule has 0 heterocycles. The first-order chi connectivity index (χ1) is 8.56. The smallest absolute Gasteiger partial charge is 0.126 e. The molecule has 1 N–H and O–H groups in total. The van der Waals surface area contributed by atoms with Crippen LogP contribution < -0.4 is 5.32 Å². The Labute approximate surface area is 107 Å². The van der Waals surface area contributed by atoms with Gasteiger partial charge in [0, 0.05) is 25.8 Å². The van der Waals surface area contributed by atoms with Crippen molar-refractivity contribution in [1.82, 2.24) is 5.32 Å². The molecule has 0 saturated carbocycles. The summed E-state index contributed by atoms with van der Waals surface area (Å²) in [6, 6.07) is 3.61. The van der Waals surface area contributed by atoms with Gasteiger partial charge in [0.15, 0.2) is 0 Å². The molecule has 0 amide bonds. The highest BCUT2D eigenvalue weighted by Gasteiger charge is 2.16. The SMILES string of the molecule is CCNC(CC(C)COC)c1cc(F)cc(F)c1. The number of hydrogen-bond acceptors (Lipinski definition) is 2. The number of halogens is 2. The second-order valence-electron chi connectivity index (χ2n) is 4.61. The summed E-state index contributed by atoms with van der Waals surface area (Å²) in [7, 11) is 1.65. The summed E-state index contributed by atoms with van der Waals surface area (Å²) in [6.07, 6.45) is 0.782. The van der Waals surface area contributed by atoms with Crippen molar-refractivity contribution in [2.75, 3.05) is 20.3 Å². The topological polar surface area (TPSA) is 21.3 Å². The Kier molecular flexibility index (Phi) is 6.22. The van der Waals surface area contributed by atoms with Crippen LogP contribution in [0.5, 0.6) is 0 Å². The molecule has 0 aliphatic carbocycles. The van der Waals surface area contributed by atoms with Crippen molar-refractivity contribution in [3.8, 4) is 0 Å². The molecular weight excluding hydrogens is 236 g/mol. The standard InChI is InChI=1S/C14H21F2NO/c1-4-17-14(5-10(2)9-18-3)11-6-12(15)8-13(16)7-11/h6-8,10,14,17H,4-5,9H2,1-3H3. The lowest BCUT2D eigenvalue weighted by molar-refractivity contribution is 0.149. The largest absolute Gasteiger partial charge is 0.384 e. The summed E-state index contributed by atoms with van der Waals surface area (Å²) in [5.41, 5.74) is 0.650. The zero-order valence-electron chi connectivity index (χ0n) is 11.2. The molecule has 18 heavy (non-hydrogen) atoms. The lowest BCUT2D eigenvalue weighted by Crippen LogP contribution is -2.24. The van der Waals surface area contributed by atoms with Crippen LogP contribution >= 0.6 is 0 Å². The molecule has 2 atom stereocenters. The van der Waals surface area contributed by atoms with Crippen LogP contribution in [0.15, 0.2) is 18.2 Å². The van der Waals surface area contributed by atoms with E-state index in [0.717, 1.165) is 19.0 Å². The van der Waals surface area contributed by atoms with E-state index in [9.17, 15) is 8.78 Å². The molecule has 0 aliphatic rings. The van der Waals surface area contributed by atoms with Gasteiger partial charge in [0.1, 0.15) is 11.6 Å². The van der Waals surface area contributed by atoms with E-state index < -0.39 is 11.6 Å². The van der Waals surface area contributed by atoms with E-state index in [4.69, 9.17) is 4.74 Å². The van der Waals surface area contributed by atoms with Gasteiger partial charge in [-0.2, -0.15) is 0 Å². The fraction of sp³-hybridized carbons (Fsp3) is 0.571. The third-order valence-corrected chi connectivity index (χ3v) is 2.83. The highest BCUT2D eigenvalue weighted by atomic mass is 19.1. The molecule has 0 saturated heterocycles. The molecule has 2 nitrogen and oxygen atoms in total. The predicted octanol–water partition coefficient (Wildman–Crippen LogP) is 3.29. The van der Waals surface area contributed by atoms with Gasteiger partial charge < -0.3 is 10.1 Å². The van der Waals surface area contributed by atoms with E-state index in [-0.39, 0.29) is 6.04 Å². The molecule has 1 aromatic carbocycles. The maximum absolute atomic E-state index is 13.2. The van der Waals surface area contributed by atoms with Crippen LogP contribution in [-0.2, 0) is 4.74 Å². The highest BCUT2D eigenvalue weighted by molar-refractivity contribution is 5.21. The lowest BCUT2D eigenvalue weighted by Gasteiger charge is -2.22. The van der Waals surface area contributed by atoms with E-state index in [2.05, 4.69) is 12.2 Å². The van der Waals surface area contributed by atoms with E-state index in [1.165, 1.54) is 12.1 Å². The van der Waals surface area contributed by atoms with Crippen LogP contribution in [0.25, 0.3) is 0 Å². The molecular formula is C14H21F2NO. The molecule has 2 unspecified atom stereocenters.